The van der Waals surface area contributed by atoms with E-state index in [0.717, 1.165) is 6.42 Å². The second-order valence-electron chi connectivity index (χ2n) is 6.33. The third-order valence-electron chi connectivity index (χ3n) is 4.22. The summed E-state index contributed by atoms with van der Waals surface area (Å²) in [4.78, 5) is 12.5. The van der Waals surface area contributed by atoms with E-state index in [1.807, 2.05) is 48.5 Å². The fourth-order valence-electron chi connectivity index (χ4n) is 2.76. The second-order valence-corrected chi connectivity index (χ2v) is 8.10. The summed E-state index contributed by atoms with van der Waals surface area (Å²) in [6.07, 6.45) is 1.49. The van der Waals surface area contributed by atoms with Crippen LogP contribution in [-0.4, -0.2) is 20.9 Å². The van der Waals surface area contributed by atoms with E-state index in [1.54, 1.807) is 24.3 Å². The van der Waals surface area contributed by atoms with E-state index in [1.165, 1.54) is 17.7 Å². The molecule has 28 heavy (non-hydrogen) atoms. The highest BCUT2D eigenvalue weighted by Gasteiger charge is 2.16. The minimum Gasteiger partial charge on any atom is -0.322 e. The number of sulfonamides is 1. The minimum atomic E-state index is -3.67. The van der Waals surface area contributed by atoms with Gasteiger partial charge in [0.2, 0.25) is 10.0 Å². The number of amides is 1. The average Bonchev–Trinajstić information content (AvgIpc) is 2.73. The van der Waals surface area contributed by atoms with Crippen molar-refractivity contribution in [3.63, 3.8) is 0 Å². The highest BCUT2D eigenvalue weighted by molar-refractivity contribution is 7.89. The van der Waals surface area contributed by atoms with Crippen LogP contribution in [0.4, 0.5) is 5.69 Å². The van der Waals surface area contributed by atoms with Crippen molar-refractivity contribution in [2.45, 2.75) is 17.7 Å². The minimum absolute atomic E-state index is 0.0768. The molecule has 0 atom stereocenters. The molecule has 0 spiro atoms. The molecule has 0 heterocycles. The van der Waals surface area contributed by atoms with Crippen molar-refractivity contribution in [3.8, 4) is 0 Å². The van der Waals surface area contributed by atoms with Crippen molar-refractivity contribution in [3.05, 3.63) is 96.1 Å². The fourth-order valence-corrected chi connectivity index (χ4v) is 3.88. The van der Waals surface area contributed by atoms with Crippen LogP contribution >= 0.6 is 0 Å². The van der Waals surface area contributed by atoms with Crippen LogP contribution in [0.5, 0.6) is 0 Å². The Kier molecular flexibility index (Phi) is 6.57. The Hall–Kier alpha value is -2.96. The molecule has 3 aromatic rings. The Morgan fingerprint density at radius 2 is 1.50 bits per heavy atom. The van der Waals surface area contributed by atoms with E-state index in [0.29, 0.717) is 18.7 Å². The number of aryl methyl sites for hydroxylation is 1. The van der Waals surface area contributed by atoms with E-state index in [-0.39, 0.29) is 16.4 Å². The molecule has 0 saturated heterocycles. The van der Waals surface area contributed by atoms with Gasteiger partial charge in [-0.15, -0.1) is 0 Å². The first kappa shape index (κ1) is 19.8. The predicted octanol–water partition coefficient (Wildman–Crippen LogP) is 3.85. The van der Waals surface area contributed by atoms with Gasteiger partial charge in [-0.3, -0.25) is 4.79 Å². The molecule has 0 aromatic heterocycles. The Morgan fingerprint density at radius 1 is 0.821 bits per heavy atom. The van der Waals surface area contributed by atoms with Gasteiger partial charge in [-0.2, -0.15) is 0 Å². The highest BCUT2D eigenvalue weighted by Crippen LogP contribution is 2.14. The number of hydrogen-bond acceptors (Lipinski definition) is 3. The topological polar surface area (TPSA) is 75.3 Å². The van der Waals surface area contributed by atoms with Crippen molar-refractivity contribution >= 4 is 21.6 Å². The zero-order valence-electron chi connectivity index (χ0n) is 15.3. The van der Waals surface area contributed by atoms with Gasteiger partial charge in [-0.05, 0) is 48.7 Å². The van der Waals surface area contributed by atoms with Crippen molar-refractivity contribution in [1.82, 2.24) is 4.72 Å². The molecule has 1 amide bonds. The van der Waals surface area contributed by atoms with Gasteiger partial charge < -0.3 is 5.32 Å². The Balaban J connectivity index is 1.60. The Labute approximate surface area is 165 Å². The van der Waals surface area contributed by atoms with Crippen LogP contribution in [0.3, 0.4) is 0 Å². The lowest BCUT2D eigenvalue weighted by Gasteiger charge is -2.09. The third-order valence-corrected chi connectivity index (χ3v) is 5.67. The van der Waals surface area contributed by atoms with E-state index in [9.17, 15) is 13.2 Å². The summed E-state index contributed by atoms with van der Waals surface area (Å²) in [5.41, 5.74) is 2.11. The molecule has 144 valence electrons. The summed E-state index contributed by atoms with van der Waals surface area (Å²) >= 11 is 0. The quantitative estimate of drug-likeness (QED) is 0.570. The summed E-state index contributed by atoms with van der Waals surface area (Å²) in [5.74, 6) is -0.354. The monoisotopic (exact) mass is 394 g/mol. The van der Waals surface area contributed by atoms with Gasteiger partial charge in [0.15, 0.2) is 0 Å². The lowest BCUT2D eigenvalue weighted by molar-refractivity contribution is 0.102. The van der Waals surface area contributed by atoms with Crippen molar-refractivity contribution in [2.75, 3.05) is 11.9 Å². The summed E-state index contributed by atoms with van der Waals surface area (Å²) < 4.78 is 27.7. The van der Waals surface area contributed by atoms with E-state index in [2.05, 4.69) is 10.0 Å². The molecule has 0 bridgehead atoms. The maximum atomic E-state index is 12.5. The SMILES string of the molecule is O=C(Nc1ccccc1)c1cccc(S(=O)(=O)NCCCc2ccccc2)c1. The molecule has 0 aliphatic carbocycles. The van der Waals surface area contributed by atoms with Crippen molar-refractivity contribution < 1.29 is 13.2 Å². The van der Waals surface area contributed by atoms with Crippen LogP contribution in [0.1, 0.15) is 22.3 Å². The second kappa shape index (κ2) is 9.30. The molecule has 0 fully saturated rings. The van der Waals surface area contributed by atoms with Crippen molar-refractivity contribution in [1.29, 1.82) is 0 Å². The lowest BCUT2D eigenvalue weighted by atomic mass is 10.1. The maximum absolute atomic E-state index is 12.5. The van der Waals surface area contributed by atoms with Gasteiger partial charge in [0.05, 0.1) is 4.90 Å². The number of para-hydroxylation sites is 1. The van der Waals surface area contributed by atoms with Crippen LogP contribution in [0, 0.1) is 0 Å². The molecule has 0 radical (unpaired) electrons. The Morgan fingerprint density at radius 3 is 2.21 bits per heavy atom. The molecule has 6 heteroatoms. The summed E-state index contributed by atoms with van der Waals surface area (Å²) in [6.45, 7) is 0.331. The van der Waals surface area contributed by atoms with Gasteiger partial charge in [0.25, 0.3) is 5.91 Å². The maximum Gasteiger partial charge on any atom is 0.255 e. The highest BCUT2D eigenvalue weighted by atomic mass is 32.2. The Bertz CT molecular complexity index is 1020. The molecule has 2 N–H and O–H groups in total. The molecule has 3 aromatic carbocycles. The first-order chi connectivity index (χ1) is 13.5. The van der Waals surface area contributed by atoms with Gasteiger partial charge in [0.1, 0.15) is 0 Å². The number of benzene rings is 3. The average molecular weight is 394 g/mol. The summed E-state index contributed by atoms with van der Waals surface area (Å²) in [6, 6.07) is 25.0. The van der Waals surface area contributed by atoms with E-state index >= 15 is 0 Å². The van der Waals surface area contributed by atoms with Gasteiger partial charge in [-0.1, -0.05) is 54.6 Å². The number of hydrogen-bond donors (Lipinski definition) is 2. The molecule has 0 aliphatic rings. The first-order valence-corrected chi connectivity index (χ1v) is 10.5. The van der Waals surface area contributed by atoms with Crippen LogP contribution in [0.15, 0.2) is 89.8 Å². The molecule has 5 nitrogen and oxygen atoms in total. The van der Waals surface area contributed by atoms with Gasteiger partial charge >= 0.3 is 0 Å². The first-order valence-electron chi connectivity index (χ1n) is 9.05. The molecule has 3 rings (SSSR count). The zero-order valence-corrected chi connectivity index (χ0v) is 16.2. The molecular formula is C22H22N2O3S. The summed E-state index contributed by atoms with van der Waals surface area (Å²) in [7, 11) is -3.67. The molecular weight excluding hydrogens is 372 g/mol. The number of rotatable bonds is 8. The number of carbonyl (C=O) groups excluding carboxylic acids is 1. The number of anilines is 1. The number of nitrogens with one attached hydrogen (secondary N) is 2. The summed E-state index contributed by atoms with van der Waals surface area (Å²) in [5, 5.41) is 2.75. The van der Waals surface area contributed by atoms with Crippen molar-refractivity contribution in [2.24, 2.45) is 0 Å². The smallest absolute Gasteiger partial charge is 0.255 e. The largest absolute Gasteiger partial charge is 0.322 e. The van der Waals surface area contributed by atoms with Crippen LogP contribution in [0.2, 0.25) is 0 Å². The fraction of sp³-hybridized carbons (Fsp3) is 0.136. The number of carbonyl (C=O) groups is 1. The zero-order chi connectivity index (χ0) is 19.8. The predicted molar refractivity (Wildman–Crippen MR) is 111 cm³/mol. The van der Waals surface area contributed by atoms with E-state index in [4.69, 9.17) is 0 Å². The lowest BCUT2D eigenvalue weighted by Crippen LogP contribution is -2.25. The van der Waals surface area contributed by atoms with Gasteiger partial charge in [-0.25, -0.2) is 13.1 Å². The third kappa shape index (κ3) is 5.52. The van der Waals surface area contributed by atoms with Crippen LogP contribution < -0.4 is 10.0 Å². The van der Waals surface area contributed by atoms with Gasteiger partial charge in [0, 0.05) is 17.8 Å². The van der Waals surface area contributed by atoms with E-state index < -0.39 is 10.0 Å². The molecule has 0 saturated carbocycles. The van der Waals surface area contributed by atoms with Crippen LogP contribution in [0.25, 0.3) is 0 Å². The standard InChI is InChI=1S/C22H22N2O3S/c25-22(24-20-13-5-2-6-14-20)19-12-7-15-21(17-19)28(26,27)23-16-8-11-18-9-3-1-4-10-18/h1-7,9-10,12-15,17,23H,8,11,16H2,(H,24,25). The molecule has 0 aliphatic heterocycles. The van der Waals surface area contributed by atoms with Crippen LogP contribution in [-0.2, 0) is 16.4 Å². The normalized spacial score (nSPS) is 11.1. The molecule has 0 unspecified atom stereocenters.